The predicted molar refractivity (Wildman–Crippen MR) is 149 cm³/mol. The second-order valence-electron chi connectivity index (χ2n) is 9.73. The van der Waals surface area contributed by atoms with Gasteiger partial charge >= 0.3 is 6.03 Å². The van der Waals surface area contributed by atoms with Gasteiger partial charge in [-0.1, -0.05) is 18.2 Å². The van der Waals surface area contributed by atoms with E-state index in [9.17, 15) is 9.59 Å². The average Bonchev–Trinajstić information content (AvgIpc) is 3.66. The summed E-state index contributed by atoms with van der Waals surface area (Å²) in [6.07, 6.45) is 6.05. The molecule has 1 aromatic heterocycles. The van der Waals surface area contributed by atoms with Crippen molar-refractivity contribution >= 4 is 29.0 Å². The van der Waals surface area contributed by atoms with Crippen molar-refractivity contribution in [2.24, 2.45) is 0 Å². The van der Waals surface area contributed by atoms with Crippen LogP contribution in [0.15, 0.2) is 66.6 Å². The second-order valence-corrected chi connectivity index (χ2v) is 9.73. The van der Waals surface area contributed by atoms with Crippen molar-refractivity contribution in [2.45, 2.75) is 33.2 Å². The number of urea groups is 1. The molecular weight excluding hydrogens is 480 g/mol. The minimum Gasteiger partial charge on any atom is -0.319 e. The molecule has 3 heterocycles. The van der Waals surface area contributed by atoms with Crippen molar-refractivity contribution in [3.8, 4) is 0 Å². The lowest BCUT2D eigenvalue weighted by Crippen LogP contribution is -2.31. The zero-order valence-electron chi connectivity index (χ0n) is 21.8. The molecule has 3 amide bonds. The van der Waals surface area contributed by atoms with Gasteiger partial charge in [0, 0.05) is 24.0 Å². The molecule has 0 aliphatic carbocycles. The van der Waals surface area contributed by atoms with E-state index in [1.165, 1.54) is 12.8 Å². The fourth-order valence-corrected chi connectivity index (χ4v) is 4.72. The van der Waals surface area contributed by atoms with Crippen LogP contribution in [0.1, 0.15) is 34.5 Å². The van der Waals surface area contributed by atoms with Crippen LogP contribution in [0.3, 0.4) is 0 Å². The summed E-state index contributed by atoms with van der Waals surface area (Å²) in [6.45, 7) is 8.49. The van der Waals surface area contributed by atoms with Crippen LogP contribution in [-0.2, 0) is 6.54 Å². The highest BCUT2D eigenvalue weighted by atomic mass is 16.2. The van der Waals surface area contributed by atoms with Crippen molar-refractivity contribution in [1.82, 2.24) is 25.4 Å². The van der Waals surface area contributed by atoms with Crippen LogP contribution in [0.5, 0.6) is 0 Å². The average molecular weight is 515 g/mol. The number of rotatable bonds is 8. The molecule has 0 radical (unpaired) electrons. The fraction of sp³-hybridized carbons (Fsp3) is 0.321. The van der Waals surface area contributed by atoms with Crippen LogP contribution in [-0.4, -0.2) is 52.8 Å². The summed E-state index contributed by atoms with van der Waals surface area (Å²) in [5.74, 6) is -0.201. The van der Waals surface area contributed by atoms with Gasteiger partial charge in [0.05, 0.1) is 42.1 Å². The van der Waals surface area contributed by atoms with Crippen LogP contribution in [0, 0.1) is 13.8 Å². The molecule has 0 unspecified atom stereocenters. The number of hydrazine groups is 1. The number of hydrogen-bond donors (Lipinski definition) is 4. The summed E-state index contributed by atoms with van der Waals surface area (Å²) < 4.78 is 1.95. The molecule has 4 N–H and O–H groups in total. The number of aromatic nitrogens is 2. The number of anilines is 3. The molecule has 3 aromatic rings. The van der Waals surface area contributed by atoms with Crippen LogP contribution in [0.2, 0.25) is 0 Å². The largest absolute Gasteiger partial charge is 0.323 e. The highest BCUT2D eigenvalue weighted by molar-refractivity contribution is 6.05. The topological polar surface area (TPSA) is 107 Å². The Morgan fingerprint density at radius 2 is 1.79 bits per heavy atom. The van der Waals surface area contributed by atoms with Crippen LogP contribution in [0.25, 0.3) is 0 Å². The molecule has 5 rings (SSSR count). The van der Waals surface area contributed by atoms with Gasteiger partial charge < -0.3 is 20.9 Å². The molecule has 10 nitrogen and oxygen atoms in total. The van der Waals surface area contributed by atoms with E-state index in [1.54, 1.807) is 23.5 Å². The number of carbonyl (C=O) groups excluding carboxylic acids is 2. The number of hydrogen-bond acceptors (Lipinski definition) is 6. The normalized spacial score (nSPS) is 15.4. The first-order valence-corrected chi connectivity index (χ1v) is 13.0. The van der Waals surface area contributed by atoms with Crippen molar-refractivity contribution < 1.29 is 9.59 Å². The SMILES string of the molecule is Cc1cccc(NC(=O)NC2=CN(c3cccc(C(=O)Nc4cnn(CCN5CCCC5)c4C)c3)NC2)c1. The summed E-state index contributed by atoms with van der Waals surface area (Å²) in [7, 11) is 0. The van der Waals surface area contributed by atoms with Gasteiger partial charge in [-0.2, -0.15) is 5.10 Å². The lowest BCUT2D eigenvalue weighted by Gasteiger charge is -2.16. The van der Waals surface area contributed by atoms with Crippen molar-refractivity contribution in [3.05, 3.63) is 83.4 Å². The van der Waals surface area contributed by atoms with Crippen LogP contribution >= 0.6 is 0 Å². The monoisotopic (exact) mass is 514 g/mol. The smallest absolute Gasteiger partial charge is 0.319 e. The Kier molecular flexibility index (Phi) is 7.71. The fourth-order valence-electron chi connectivity index (χ4n) is 4.72. The molecule has 2 aromatic carbocycles. The first kappa shape index (κ1) is 25.5. The Hall–Kier alpha value is -4.15. The third-order valence-corrected chi connectivity index (χ3v) is 6.84. The van der Waals surface area contributed by atoms with Crippen molar-refractivity contribution in [2.75, 3.05) is 41.8 Å². The van der Waals surface area contributed by atoms with E-state index in [0.717, 1.165) is 48.8 Å². The van der Waals surface area contributed by atoms with E-state index in [0.29, 0.717) is 23.5 Å². The van der Waals surface area contributed by atoms with E-state index < -0.39 is 0 Å². The summed E-state index contributed by atoms with van der Waals surface area (Å²) in [5.41, 5.74) is 8.70. The number of carbonyl (C=O) groups is 2. The molecule has 198 valence electrons. The Bertz CT molecular complexity index is 1340. The maximum absolute atomic E-state index is 13.0. The van der Waals surface area contributed by atoms with Gasteiger partial charge in [-0.25, -0.2) is 10.2 Å². The lowest BCUT2D eigenvalue weighted by molar-refractivity contribution is 0.102. The molecule has 2 aliphatic heterocycles. The van der Waals surface area contributed by atoms with E-state index >= 15 is 0 Å². The Balaban J connectivity index is 1.18. The maximum atomic E-state index is 13.0. The lowest BCUT2D eigenvalue weighted by atomic mass is 10.2. The summed E-state index contributed by atoms with van der Waals surface area (Å²) >= 11 is 0. The molecule has 38 heavy (non-hydrogen) atoms. The van der Waals surface area contributed by atoms with Crippen molar-refractivity contribution in [1.29, 1.82) is 0 Å². The van der Waals surface area contributed by atoms with Gasteiger partial charge in [0.1, 0.15) is 0 Å². The van der Waals surface area contributed by atoms with Crippen LogP contribution in [0.4, 0.5) is 21.9 Å². The Morgan fingerprint density at radius 1 is 0.974 bits per heavy atom. The van der Waals surface area contributed by atoms with E-state index in [2.05, 4.69) is 31.4 Å². The summed E-state index contributed by atoms with van der Waals surface area (Å²) in [4.78, 5) is 27.9. The molecule has 0 saturated carbocycles. The third kappa shape index (κ3) is 6.21. The predicted octanol–water partition coefficient (Wildman–Crippen LogP) is 3.84. The zero-order chi connectivity index (χ0) is 26.5. The standard InChI is InChI=1S/C28H34N8O2/c1-20-7-5-9-23(15-20)31-28(38)32-24-17-29-36(19-24)25-10-6-8-22(16-25)27(37)33-26-18-30-35(21(26)2)14-13-34-11-3-4-12-34/h5-10,15-16,18-19,29H,3-4,11-14,17H2,1-2H3,(H,33,37)(H2,31,32,38). The number of aryl methyl sites for hydroxylation is 1. The second kappa shape index (κ2) is 11.5. The molecular formula is C28H34N8O2. The van der Waals surface area contributed by atoms with E-state index in [-0.39, 0.29) is 11.9 Å². The van der Waals surface area contributed by atoms with Gasteiger partial charge in [0.25, 0.3) is 5.91 Å². The van der Waals surface area contributed by atoms with Gasteiger partial charge in [0.15, 0.2) is 0 Å². The summed E-state index contributed by atoms with van der Waals surface area (Å²) in [6, 6.07) is 14.6. The minimum atomic E-state index is -0.310. The summed E-state index contributed by atoms with van der Waals surface area (Å²) in [5, 5.41) is 15.0. The Morgan fingerprint density at radius 3 is 2.61 bits per heavy atom. The highest BCUT2D eigenvalue weighted by Crippen LogP contribution is 2.21. The zero-order valence-corrected chi connectivity index (χ0v) is 21.8. The quantitative estimate of drug-likeness (QED) is 0.364. The van der Waals surface area contributed by atoms with E-state index in [4.69, 9.17) is 0 Å². The van der Waals surface area contributed by atoms with Gasteiger partial charge in [-0.05, 0) is 75.7 Å². The third-order valence-electron chi connectivity index (χ3n) is 6.84. The number of amides is 3. The molecule has 1 fully saturated rings. The maximum Gasteiger partial charge on any atom is 0.323 e. The first-order chi connectivity index (χ1) is 18.4. The molecule has 0 bridgehead atoms. The number of benzene rings is 2. The number of likely N-dealkylation sites (tertiary alicyclic amines) is 1. The van der Waals surface area contributed by atoms with Gasteiger partial charge in [-0.3, -0.25) is 14.5 Å². The molecule has 0 spiro atoms. The van der Waals surface area contributed by atoms with Gasteiger partial charge in [-0.15, -0.1) is 0 Å². The number of nitrogens with one attached hydrogen (secondary N) is 4. The van der Waals surface area contributed by atoms with Gasteiger partial charge in [0.2, 0.25) is 0 Å². The van der Waals surface area contributed by atoms with Crippen LogP contribution < -0.4 is 26.4 Å². The number of nitrogens with zero attached hydrogens (tertiary/aromatic N) is 4. The highest BCUT2D eigenvalue weighted by Gasteiger charge is 2.18. The molecule has 10 heteroatoms. The molecule has 0 atom stereocenters. The Labute approximate surface area is 222 Å². The van der Waals surface area contributed by atoms with E-state index in [1.807, 2.05) is 61.0 Å². The molecule has 1 saturated heterocycles. The minimum absolute atomic E-state index is 0.201. The first-order valence-electron chi connectivity index (χ1n) is 13.0. The molecule has 2 aliphatic rings. The van der Waals surface area contributed by atoms with Crippen molar-refractivity contribution in [3.63, 3.8) is 0 Å².